The van der Waals surface area contributed by atoms with Crippen molar-refractivity contribution in [3.05, 3.63) is 81.1 Å². The first kappa shape index (κ1) is 19.0. The zero-order valence-corrected chi connectivity index (χ0v) is 17.2. The SMILES string of the molecule is Cc1ccccc1[C@H](C)OC(=O)c1cnn(-c2ccc(Cl)cc2Cl)c1C1CC1. The number of nitrogens with zero attached hydrogens (tertiary/aromatic N) is 2. The molecule has 0 radical (unpaired) electrons. The van der Waals surface area contributed by atoms with Crippen molar-refractivity contribution in [2.24, 2.45) is 0 Å². The van der Waals surface area contributed by atoms with Crippen molar-refractivity contribution < 1.29 is 9.53 Å². The van der Waals surface area contributed by atoms with Crippen molar-refractivity contribution >= 4 is 29.2 Å². The Hall–Kier alpha value is -2.30. The van der Waals surface area contributed by atoms with Gasteiger partial charge in [-0.25, -0.2) is 9.48 Å². The number of benzene rings is 2. The summed E-state index contributed by atoms with van der Waals surface area (Å²) < 4.78 is 7.52. The topological polar surface area (TPSA) is 44.1 Å². The van der Waals surface area contributed by atoms with E-state index in [4.69, 9.17) is 27.9 Å². The Balaban J connectivity index is 1.66. The van der Waals surface area contributed by atoms with Crippen LogP contribution < -0.4 is 0 Å². The van der Waals surface area contributed by atoms with Crippen molar-refractivity contribution in [1.29, 1.82) is 0 Å². The number of halogens is 2. The number of hydrogen-bond donors (Lipinski definition) is 0. The first-order valence-electron chi connectivity index (χ1n) is 9.25. The smallest absolute Gasteiger partial charge is 0.342 e. The molecule has 2 aromatic carbocycles. The summed E-state index contributed by atoms with van der Waals surface area (Å²) in [5.74, 6) is -0.0837. The minimum Gasteiger partial charge on any atom is -0.454 e. The first-order valence-corrected chi connectivity index (χ1v) is 10.0. The molecule has 28 heavy (non-hydrogen) atoms. The van der Waals surface area contributed by atoms with Gasteiger partial charge in [0.25, 0.3) is 0 Å². The Morgan fingerprint density at radius 3 is 2.64 bits per heavy atom. The van der Waals surface area contributed by atoms with Crippen LogP contribution in [0.3, 0.4) is 0 Å². The fraction of sp³-hybridized carbons (Fsp3) is 0.273. The average Bonchev–Trinajstić information content (AvgIpc) is 3.40. The van der Waals surface area contributed by atoms with E-state index < -0.39 is 0 Å². The summed E-state index contributed by atoms with van der Waals surface area (Å²) in [4.78, 5) is 12.9. The fourth-order valence-electron chi connectivity index (χ4n) is 3.44. The van der Waals surface area contributed by atoms with E-state index in [-0.39, 0.29) is 18.0 Å². The molecular formula is C22H20Cl2N2O2. The molecule has 0 saturated heterocycles. The van der Waals surface area contributed by atoms with Gasteiger partial charge >= 0.3 is 5.97 Å². The maximum absolute atomic E-state index is 12.9. The number of rotatable bonds is 5. The summed E-state index contributed by atoms with van der Waals surface area (Å²) in [6.07, 6.45) is 3.27. The second-order valence-corrected chi connectivity index (χ2v) is 7.97. The minimum absolute atomic E-state index is 0.283. The van der Waals surface area contributed by atoms with Crippen LogP contribution in [-0.2, 0) is 4.74 Å². The molecule has 0 spiro atoms. The molecule has 1 heterocycles. The van der Waals surface area contributed by atoms with Gasteiger partial charge in [-0.15, -0.1) is 0 Å². The predicted molar refractivity (Wildman–Crippen MR) is 111 cm³/mol. The van der Waals surface area contributed by atoms with Gasteiger partial charge in [0, 0.05) is 10.9 Å². The highest BCUT2D eigenvalue weighted by molar-refractivity contribution is 6.35. The molecule has 1 aliphatic rings. The van der Waals surface area contributed by atoms with Crippen LogP contribution in [0.1, 0.15) is 59.0 Å². The van der Waals surface area contributed by atoms with Crippen molar-refractivity contribution in [2.75, 3.05) is 0 Å². The largest absolute Gasteiger partial charge is 0.454 e. The van der Waals surface area contributed by atoms with Crippen molar-refractivity contribution in [3.63, 3.8) is 0 Å². The van der Waals surface area contributed by atoms with Crippen LogP contribution in [0.25, 0.3) is 5.69 Å². The van der Waals surface area contributed by atoms with Gasteiger partial charge in [0.05, 0.1) is 22.6 Å². The molecule has 0 aliphatic heterocycles. The van der Waals surface area contributed by atoms with E-state index in [1.54, 1.807) is 23.0 Å². The quantitative estimate of drug-likeness (QED) is 0.461. The summed E-state index contributed by atoms with van der Waals surface area (Å²) >= 11 is 12.4. The molecule has 1 aliphatic carbocycles. The fourth-order valence-corrected chi connectivity index (χ4v) is 3.93. The molecule has 0 unspecified atom stereocenters. The molecule has 6 heteroatoms. The Morgan fingerprint density at radius 1 is 1.21 bits per heavy atom. The Labute approximate surface area is 174 Å². The van der Waals surface area contributed by atoms with Crippen molar-refractivity contribution in [1.82, 2.24) is 9.78 Å². The van der Waals surface area contributed by atoms with E-state index in [1.165, 1.54) is 0 Å². The number of carbonyl (C=O) groups is 1. The molecule has 1 fully saturated rings. The molecular weight excluding hydrogens is 395 g/mol. The van der Waals surface area contributed by atoms with Gasteiger partial charge in [-0.05, 0) is 56.0 Å². The molecule has 3 aromatic rings. The van der Waals surface area contributed by atoms with Gasteiger partial charge < -0.3 is 4.74 Å². The third kappa shape index (κ3) is 3.67. The lowest BCUT2D eigenvalue weighted by Gasteiger charge is -2.16. The molecule has 1 atom stereocenters. The Kier molecular flexibility index (Phi) is 5.17. The summed E-state index contributed by atoms with van der Waals surface area (Å²) in [7, 11) is 0. The van der Waals surface area contributed by atoms with Gasteiger partial charge in [0.1, 0.15) is 11.7 Å². The standard InChI is InChI=1S/C22H20Cl2N2O2/c1-13-5-3-4-6-17(13)14(2)28-22(27)18-12-25-26(21(18)15-7-8-15)20-10-9-16(23)11-19(20)24/h3-6,9-12,14-15H,7-8H2,1-2H3/t14-/m0/s1. The van der Waals surface area contributed by atoms with E-state index >= 15 is 0 Å². The van der Waals surface area contributed by atoms with Gasteiger partial charge in [0.2, 0.25) is 0 Å². The highest BCUT2D eigenvalue weighted by Gasteiger charge is 2.34. The zero-order valence-electron chi connectivity index (χ0n) is 15.7. The number of aromatic nitrogens is 2. The number of carbonyl (C=O) groups excluding carboxylic acids is 1. The van der Waals surface area contributed by atoms with Gasteiger partial charge in [0.15, 0.2) is 0 Å². The van der Waals surface area contributed by atoms with E-state index in [1.807, 2.05) is 44.2 Å². The van der Waals surface area contributed by atoms with Crippen LogP contribution in [0.15, 0.2) is 48.7 Å². The lowest BCUT2D eigenvalue weighted by atomic mass is 10.0. The van der Waals surface area contributed by atoms with Crippen LogP contribution in [0.2, 0.25) is 10.0 Å². The van der Waals surface area contributed by atoms with Crippen LogP contribution in [-0.4, -0.2) is 15.7 Å². The van der Waals surface area contributed by atoms with Crippen LogP contribution >= 0.6 is 23.2 Å². The summed E-state index contributed by atoms with van der Waals surface area (Å²) in [6.45, 7) is 3.90. The average molecular weight is 415 g/mol. The number of hydrogen-bond acceptors (Lipinski definition) is 3. The molecule has 0 amide bonds. The number of aryl methyl sites for hydroxylation is 1. The maximum Gasteiger partial charge on any atom is 0.342 e. The lowest BCUT2D eigenvalue weighted by Crippen LogP contribution is -2.12. The Bertz CT molecular complexity index is 1040. The summed E-state index contributed by atoms with van der Waals surface area (Å²) in [5, 5.41) is 5.49. The van der Waals surface area contributed by atoms with Gasteiger partial charge in [-0.3, -0.25) is 0 Å². The highest BCUT2D eigenvalue weighted by Crippen LogP contribution is 2.43. The molecule has 4 rings (SSSR count). The minimum atomic E-state index is -0.367. The van der Waals surface area contributed by atoms with E-state index in [0.717, 1.165) is 29.7 Å². The van der Waals surface area contributed by atoms with Crippen LogP contribution in [0.4, 0.5) is 0 Å². The number of esters is 1. The number of ether oxygens (including phenoxy) is 1. The molecule has 0 N–H and O–H groups in total. The normalized spacial score (nSPS) is 14.7. The van der Waals surface area contributed by atoms with E-state index in [0.29, 0.717) is 21.3 Å². The molecule has 0 bridgehead atoms. The molecule has 1 saturated carbocycles. The predicted octanol–water partition coefficient (Wildman–Crippen LogP) is 6.28. The molecule has 144 valence electrons. The monoisotopic (exact) mass is 414 g/mol. The van der Waals surface area contributed by atoms with E-state index in [9.17, 15) is 4.79 Å². The summed E-state index contributed by atoms with van der Waals surface area (Å²) in [5.41, 5.74) is 4.14. The van der Waals surface area contributed by atoms with Gasteiger partial charge in [-0.2, -0.15) is 5.10 Å². The third-order valence-electron chi connectivity index (χ3n) is 5.04. The highest BCUT2D eigenvalue weighted by atomic mass is 35.5. The second kappa shape index (κ2) is 7.61. The third-order valence-corrected chi connectivity index (χ3v) is 5.58. The lowest BCUT2D eigenvalue weighted by molar-refractivity contribution is 0.0335. The molecule has 1 aromatic heterocycles. The molecule has 4 nitrogen and oxygen atoms in total. The zero-order chi connectivity index (χ0) is 19.8. The maximum atomic E-state index is 12.9. The Morgan fingerprint density at radius 2 is 1.96 bits per heavy atom. The first-order chi connectivity index (χ1) is 13.5. The van der Waals surface area contributed by atoms with Crippen LogP contribution in [0, 0.1) is 6.92 Å². The van der Waals surface area contributed by atoms with Crippen LogP contribution in [0.5, 0.6) is 0 Å². The second-order valence-electron chi connectivity index (χ2n) is 7.13. The van der Waals surface area contributed by atoms with Crippen molar-refractivity contribution in [2.45, 2.75) is 38.7 Å². The van der Waals surface area contributed by atoms with Crippen molar-refractivity contribution in [3.8, 4) is 5.69 Å². The van der Waals surface area contributed by atoms with E-state index in [2.05, 4.69) is 5.10 Å². The van der Waals surface area contributed by atoms with Gasteiger partial charge in [-0.1, -0.05) is 47.5 Å². The summed E-state index contributed by atoms with van der Waals surface area (Å²) in [6, 6.07) is 13.2.